The molecular formula is C13H20N2O. The highest BCUT2D eigenvalue weighted by atomic mass is 16.1. The maximum absolute atomic E-state index is 11.9. The van der Waals surface area contributed by atoms with Gasteiger partial charge in [0.15, 0.2) is 5.78 Å². The van der Waals surface area contributed by atoms with Crippen molar-refractivity contribution in [1.82, 2.24) is 9.88 Å². The SMILES string of the molecule is CC1CC(C)CN(CC(=O)c2ccc[nH]2)C1. The highest BCUT2D eigenvalue weighted by Crippen LogP contribution is 2.20. The second kappa shape index (κ2) is 4.83. The van der Waals surface area contributed by atoms with E-state index in [0.717, 1.165) is 18.8 Å². The minimum atomic E-state index is 0.200. The third kappa shape index (κ3) is 2.73. The molecule has 2 atom stereocenters. The summed E-state index contributed by atoms with van der Waals surface area (Å²) in [5.74, 6) is 1.62. The highest BCUT2D eigenvalue weighted by Gasteiger charge is 2.23. The van der Waals surface area contributed by atoms with Crippen molar-refractivity contribution >= 4 is 5.78 Å². The number of H-pyrrole nitrogens is 1. The summed E-state index contributed by atoms with van der Waals surface area (Å²) in [7, 11) is 0. The van der Waals surface area contributed by atoms with E-state index in [1.807, 2.05) is 12.1 Å². The molecule has 0 spiro atoms. The smallest absolute Gasteiger partial charge is 0.192 e. The fraction of sp³-hybridized carbons (Fsp3) is 0.615. The summed E-state index contributed by atoms with van der Waals surface area (Å²) in [6, 6.07) is 3.72. The van der Waals surface area contributed by atoms with Gasteiger partial charge in [-0.1, -0.05) is 13.8 Å². The lowest BCUT2D eigenvalue weighted by atomic mass is 9.92. The van der Waals surface area contributed by atoms with E-state index in [1.165, 1.54) is 6.42 Å². The molecule has 1 aromatic heterocycles. The number of aromatic amines is 1. The topological polar surface area (TPSA) is 36.1 Å². The molecule has 2 heterocycles. The molecule has 1 aliphatic rings. The molecule has 0 bridgehead atoms. The predicted octanol–water partition coefficient (Wildman–Crippen LogP) is 2.18. The normalized spacial score (nSPS) is 26.9. The van der Waals surface area contributed by atoms with Gasteiger partial charge < -0.3 is 4.98 Å². The van der Waals surface area contributed by atoms with Gasteiger partial charge in [-0.05, 0) is 30.4 Å². The molecule has 3 nitrogen and oxygen atoms in total. The van der Waals surface area contributed by atoms with E-state index in [1.54, 1.807) is 6.20 Å². The lowest BCUT2D eigenvalue weighted by Crippen LogP contribution is -2.41. The first-order valence-electron chi connectivity index (χ1n) is 6.04. The van der Waals surface area contributed by atoms with E-state index < -0.39 is 0 Å². The number of hydrogen-bond donors (Lipinski definition) is 1. The van der Waals surface area contributed by atoms with Crippen molar-refractivity contribution in [1.29, 1.82) is 0 Å². The third-order valence-corrected chi connectivity index (χ3v) is 3.21. The van der Waals surface area contributed by atoms with Crippen LogP contribution in [-0.4, -0.2) is 35.3 Å². The summed E-state index contributed by atoms with van der Waals surface area (Å²) in [4.78, 5) is 17.2. The number of nitrogens with one attached hydrogen (secondary N) is 1. The van der Waals surface area contributed by atoms with Crippen LogP contribution in [0.4, 0.5) is 0 Å². The molecule has 2 unspecified atom stereocenters. The molecule has 1 aromatic rings. The molecule has 0 radical (unpaired) electrons. The van der Waals surface area contributed by atoms with Crippen molar-refractivity contribution in [2.45, 2.75) is 20.3 Å². The van der Waals surface area contributed by atoms with Gasteiger partial charge in [-0.15, -0.1) is 0 Å². The van der Waals surface area contributed by atoms with E-state index in [9.17, 15) is 4.79 Å². The quantitative estimate of drug-likeness (QED) is 0.792. The molecule has 0 aromatic carbocycles. The van der Waals surface area contributed by atoms with Crippen LogP contribution < -0.4 is 0 Å². The number of likely N-dealkylation sites (tertiary alicyclic amines) is 1. The lowest BCUT2D eigenvalue weighted by molar-refractivity contribution is 0.0845. The summed E-state index contributed by atoms with van der Waals surface area (Å²) in [6.45, 7) is 7.19. The van der Waals surface area contributed by atoms with Crippen molar-refractivity contribution < 1.29 is 4.79 Å². The Kier molecular flexibility index (Phi) is 3.44. The zero-order chi connectivity index (χ0) is 11.5. The number of hydrogen-bond acceptors (Lipinski definition) is 2. The van der Waals surface area contributed by atoms with Crippen molar-refractivity contribution in [2.75, 3.05) is 19.6 Å². The molecule has 0 aliphatic carbocycles. The van der Waals surface area contributed by atoms with E-state index in [4.69, 9.17) is 0 Å². The van der Waals surface area contributed by atoms with Crippen molar-refractivity contribution in [2.24, 2.45) is 11.8 Å². The first-order valence-corrected chi connectivity index (χ1v) is 6.04. The first kappa shape index (κ1) is 11.4. The molecule has 1 aliphatic heterocycles. The van der Waals surface area contributed by atoms with E-state index in [-0.39, 0.29) is 5.78 Å². The average Bonchev–Trinajstić information content (AvgIpc) is 2.68. The number of rotatable bonds is 3. The molecule has 1 N–H and O–H groups in total. The second-order valence-corrected chi connectivity index (χ2v) is 5.15. The highest BCUT2D eigenvalue weighted by molar-refractivity contribution is 5.95. The van der Waals surface area contributed by atoms with Crippen LogP contribution in [0.25, 0.3) is 0 Å². The minimum absolute atomic E-state index is 0.200. The van der Waals surface area contributed by atoms with Crippen LogP contribution in [0, 0.1) is 11.8 Å². The summed E-state index contributed by atoms with van der Waals surface area (Å²) in [5.41, 5.74) is 0.728. The summed E-state index contributed by atoms with van der Waals surface area (Å²) in [6.07, 6.45) is 3.09. The Morgan fingerprint density at radius 1 is 1.44 bits per heavy atom. The van der Waals surface area contributed by atoms with Crippen molar-refractivity contribution in [3.8, 4) is 0 Å². The fourth-order valence-corrected chi connectivity index (χ4v) is 2.71. The number of aromatic nitrogens is 1. The van der Waals surface area contributed by atoms with E-state index in [2.05, 4.69) is 23.7 Å². The summed E-state index contributed by atoms with van der Waals surface area (Å²) < 4.78 is 0. The monoisotopic (exact) mass is 220 g/mol. The largest absolute Gasteiger partial charge is 0.359 e. The Morgan fingerprint density at radius 3 is 2.69 bits per heavy atom. The van der Waals surface area contributed by atoms with Gasteiger partial charge in [-0.2, -0.15) is 0 Å². The maximum Gasteiger partial charge on any atom is 0.192 e. The number of carbonyl (C=O) groups excluding carboxylic acids is 1. The van der Waals surface area contributed by atoms with Crippen LogP contribution in [-0.2, 0) is 0 Å². The lowest BCUT2D eigenvalue weighted by Gasteiger charge is -2.34. The van der Waals surface area contributed by atoms with Gasteiger partial charge in [0.2, 0.25) is 0 Å². The summed E-state index contributed by atoms with van der Waals surface area (Å²) in [5, 5.41) is 0. The average molecular weight is 220 g/mol. The first-order chi connectivity index (χ1) is 7.65. The van der Waals surface area contributed by atoms with Gasteiger partial charge in [0.25, 0.3) is 0 Å². The fourth-order valence-electron chi connectivity index (χ4n) is 2.71. The van der Waals surface area contributed by atoms with Gasteiger partial charge in [-0.3, -0.25) is 9.69 Å². The second-order valence-electron chi connectivity index (χ2n) is 5.15. The van der Waals surface area contributed by atoms with Gasteiger partial charge in [0, 0.05) is 19.3 Å². The molecule has 3 heteroatoms. The van der Waals surface area contributed by atoms with Crippen LogP contribution in [0.2, 0.25) is 0 Å². The van der Waals surface area contributed by atoms with Gasteiger partial charge in [-0.25, -0.2) is 0 Å². The van der Waals surface area contributed by atoms with E-state index in [0.29, 0.717) is 18.4 Å². The summed E-state index contributed by atoms with van der Waals surface area (Å²) >= 11 is 0. The Hall–Kier alpha value is -1.09. The van der Waals surface area contributed by atoms with Gasteiger partial charge >= 0.3 is 0 Å². The molecule has 2 rings (SSSR count). The van der Waals surface area contributed by atoms with Crippen molar-refractivity contribution in [3.63, 3.8) is 0 Å². The molecule has 0 amide bonds. The molecule has 16 heavy (non-hydrogen) atoms. The molecule has 1 fully saturated rings. The minimum Gasteiger partial charge on any atom is -0.359 e. The standard InChI is InChI=1S/C13H20N2O/c1-10-6-11(2)8-15(7-10)9-13(16)12-4-3-5-14-12/h3-5,10-11,14H,6-9H2,1-2H3. The number of carbonyl (C=O) groups is 1. The van der Waals surface area contributed by atoms with Gasteiger partial charge in [0.05, 0.1) is 12.2 Å². The molecule has 88 valence electrons. The number of ketones is 1. The molecular weight excluding hydrogens is 200 g/mol. The zero-order valence-electron chi connectivity index (χ0n) is 10.1. The Labute approximate surface area is 96.8 Å². The van der Waals surface area contributed by atoms with Crippen LogP contribution in [0.1, 0.15) is 30.8 Å². The Morgan fingerprint density at radius 2 is 2.12 bits per heavy atom. The molecule has 1 saturated heterocycles. The number of nitrogens with zero attached hydrogens (tertiary/aromatic N) is 1. The predicted molar refractivity (Wildman–Crippen MR) is 64.5 cm³/mol. The van der Waals surface area contributed by atoms with Crippen LogP contribution in [0.3, 0.4) is 0 Å². The number of piperidine rings is 1. The molecule has 0 saturated carbocycles. The third-order valence-electron chi connectivity index (χ3n) is 3.21. The number of Topliss-reactive ketones (excluding diaryl/α,β-unsaturated/α-hetero) is 1. The van der Waals surface area contributed by atoms with E-state index >= 15 is 0 Å². The maximum atomic E-state index is 11.9. The van der Waals surface area contributed by atoms with Crippen molar-refractivity contribution in [3.05, 3.63) is 24.0 Å². The van der Waals surface area contributed by atoms with Crippen LogP contribution in [0.15, 0.2) is 18.3 Å². The van der Waals surface area contributed by atoms with Gasteiger partial charge in [0.1, 0.15) is 0 Å². The Bertz CT molecular complexity index is 335. The van der Waals surface area contributed by atoms with Crippen LogP contribution >= 0.6 is 0 Å². The Balaban J connectivity index is 1.92. The van der Waals surface area contributed by atoms with Crippen LogP contribution in [0.5, 0.6) is 0 Å². The zero-order valence-corrected chi connectivity index (χ0v) is 10.1.